The van der Waals surface area contributed by atoms with Gasteiger partial charge in [0.05, 0.1) is 5.92 Å². The molecule has 1 aromatic rings. The minimum Gasteiger partial charge on any atom is -0.461 e. The van der Waals surface area contributed by atoms with Gasteiger partial charge < -0.3 is 4.74 Å². The predicted octanol–water partition coefficient (Wildman–Crippen LogP) is 4.34. The van der Waals surface area contributed by atoms with E-state index in [1.807, 2.05) is 44.2 Å². The van der Waals surface area contributed by atoms with Gasteiger partial charge in [-0.1, -0.05) is 50.6 Å². The van der Waals surface area contributed by atoms with E-state index in [0.29, 0.717) is 12.0 Å². The smallest absolute Gasteiger partial charge is 0.309 e. The van der Waals surface area contributed by atoms with E-state index >= 15 is 0 Å². The Kier molecular flexibility index (Phi) is 4.62. The van der Waals surface area contributed by atoms with Crippen LogP contribution in [0.2, 0.25) is 0 Å². The molecule has 0 atom stereocenters. The van der Waals surface area contributed by atoms with Gasteiger partial charge in [-0.2, -0.15) is 0 Å². The Morgan fingerprint density at radius 2 is 1.84 bits per heavy atom. The average Bonchev–Trinajstić information content (AvgIpc) is 2.37. The van der Waals surface area contributed by atoms with E-state index in [2.05, 4.69) is 0 Å². The van der Waals surface area contributed by atoms with Crippen molar-refractivity contribution >= 4 is 5.97 Å². The zero-order valence-electron chi connectivity index (χ0n) is 12.0. The lowest BCUT2D eigenvalue weighted by Gasteiger charge is -2.53. The van der Waals surface area contributed by atoms with Crippen molar-refractivity contribution in [3.05, 3.63) is 35.9 Å². The molecule has 2 nitrogen and oxygen atoms in total. The summed E-state index contributed by atoms with van der Waals surface area (Å²) in [4.78, 5) is 11.8. The third kappa shape index (κ3) is 3.17. The summed E-state index contributed by atoms with van der Waals surface area (Å²) in [5.41, 5.74) is 1.62. The van der Waals surface area contributed by atoms with E-state index in [-0.39, 0.29) is 11.9 Å². The lowest BCUT2D eigenvalue weighted by Crippen LogP contribution is -2.46. The fourth-order valence-corrected chi connectivity index (χ4v) is 3.08. The Morgan fingerprint density at radius 1 is 1.21 bits per heavy atom. The zero-order valence-corrected chi connectivity index (χ0v) is 12.0. The molecule has 104 valence electrons. The van der Waals surface area contributed by atoms with Crippen LogP contribution in [0.4, 0.5) is 0 Å². The molecule has 0 radical (unpaired) electrons. The Hall–Kier alpha value is -1.31. The van der Waals surface area contributed by atoms with Crippen LogP contribution in [0.5, 0.6) is 0 Å². The molecule has 0 amide bonds. The van der Waals surface area contributed by atoms with Crippen LogP contribution in [0.25, 0.3) is 0 Å². The molecule has 0 bridgehead atoms. The molecule has 3 rings (SSSR count). The van der Waals surface area contributed by atoms with Crippen LogP contribution in [0.3, 0.4) is 0 Å². The van der Waals surface area contributed by atoms with Crippen molar-refractivity contribution in [3.63, 3.8) is 0 Å². The van der Waals surface area contributed by atoms with E-state index in [1.165, 1.54) is 19.3 Å². The quantitative estimate of drug-likeness (QED) is 0.756. The minimum absolute atomic E-state index is 0.00591. The monoisotopic (exact) mass is 260 g/mol. The van der Waals surface area contributed by atoms with Crippen LogP contribution in [-0.4, -0.2) is 5.97 Å². The molecule has 0 aromatic heterocycles. The highest BCUT2D eigenvalue weighted by molar-refractivity contribution is 5.73. The lowest BCUT2D eigenvalue weighted by atomic mass is 9.52. The third-order valence-electron chi connectivity index (χ3n) is 4.33. The van der Waals surface area contributed by atoms with E-state index in [9.17, 15) is 4.79 Å². The van der Waals surface area contributed by atoms with Crippen molar-refractivity contribution in [3.8, 4) is 0 Å². The fraction of sp³-hybridized carbons (Fsp3) is 0.588. The fourth-order valence-electron chi connectivity index (χ4n) is 3.08. The van der Waals surface area contributed by atoms with E-state index in [4.69, 9.17) is 4.74 Å². The Balaban J connectivity index is 0.000000637. The van der Waals surface area contributed by atoms with Gasteiger partial charge in [0.15, 0.2) is 0 Å². The summed E-state index contributed by atoms with van der Waals surface area (Å²) in [5, 5.41) is 0. The standard InChI is InChI=1S/C15H18O2.C2H6/c16-14(13-9-15(10-13)7-4-8-15)17-11-12-5-2-1-3-6-12;1-2/h1-3,5-6,13H,4,7-11H2;1-2H3. The molecular weight excluding hydrogens is 236 g/mol. The molecule has 0 heterocycles. The number of benzene rings is 1. The largest absolute Gasteiger partial charge is 0.461 e. The van der Waals surface area contributed by atoms with Gasteiger partial charge in [0, 0.05) is 0 Å². The molecule has 1 spiro atoms. The molecule has 2 aliphatic rings. The first kappa shape index (κ1) is 14.1. The lowest BCUT2D eigenvalue weighted by molar-refractivity contribution is -0.162. The molecule has 0 N–H and O–H groups in total. The molecular formula is C17H24O2. The second-order valence-electron chi connectivity index (χ2n) is 5.55. The second kappa shape index (κ2) is 6.23. The summed E-state index contributed by atoms with van der Waals surface area (Å²) >= 11 is 0. The maximum atomic E-state index is 11.8. The maximum absolute atomic E-state index is 11.8. The number of esters is 1. The Bertz CT molecular complexity index is 399. The van der Waals surface area contributed by atoms with Crippen molar-refractivity contribution in [1.82, 2.24) is 0 Å². The molecule has 2 saturated carbocycles. The summed E-state index contributed by atoms with van der Waals surface area (Å²) in [6.45, 7) is 4.42. The number of rotatable bonds is 3. The molecule has 1 aromatic carbocycles. The van der Waals surface area contributed by atoms with Gasteiger partial charge in [0.25, 0.3) is 0 Å². The molecule has 0 unspecified atom stereocenters. The van der Waals surface area contributed by atoms with Gasteiger partial charge in [-0.3, -0.25) is 4.79 Å². The van der Waals surface area contributed by atoms with Crippen molar-refractivity contribution in [2.45, 2.75) is 52.6 Å². The highest BCUT2D eigenvalue weighted by atomic mass is 16.5. The van der Waals surface area contributed by atoms with Crippen LogP contribution in [-0.2, 0) is 16.1 Å². The Labute approximate surface area is 116 Å². The SMILES string of the molecule is CC.O=C(OCc1ccccc1)C1CC2(CCC2)C1. The maximum Gasteiger partial charge on any atom is 0.309 e. The first-order chi connectivity index (χ1) is 9.27. The molecule has 0 saturated heterocycles. The number of hydrogen-bond donors (Lipinski definition) is 0. The van der Waals surface area contributed by atoms with E-state index < -0.39 is 0 Å². The summed E-state index contributed by atoms with van der Waals surface area (Å²) in [6.07, 6.45) is 6.15. The molecule has 19 heavy (non-hydrogen) atoms. The first-order valence-electron chi connectivity index (χ1n) is 7.48. The summed E-state index contributed by atoms with van der Waals surface area (Å²) in [5.74, 6) is 0.186. The minimum atomic E-state index is 0.00591. The first-order valence-corrected chi connectivity index (χ1v) is 7.48. The third-order valence-corrected chi connectivity index (χ3v) is 4.33. The van der Waals surface area contributed by atoms with E-state index in [0.717, 1.165) is 18.4 Å². The molecule has 2 aliphatic carbocycles. The summed E-state index contributed by atoms with van der Waals surface area (Å²) < 4.78 is 5.35. The second-order valence-corrected chi connectivity index (χ2v) is 5.55. The molecule has 2 fully saturated rings. The van der Waals surface area contributed by atoms with Crippen LogP contribution >= 0.6 is 0 Å². The van der Waals surface area contributed by atoms with Crippen molar-refractivity contribution < 1.29 is 9.53 Å². The number of carbonyl (C=O) groups excluding carboxylic acids is 1. The van der Waals surface area contributed by atoms with Crippen LogP contribution < -0.4 is 0 Å². The van der Waals surface area contributed by atoms with Crippen molar-refractivity contribution in [2.24, 2.45) is 11.3 Å². The van der Waals surface area contributed by atoms with Crippen LogP contribution in [0, 0.1) is 11.3 Å². The number of hydrogen-bond acceptors (Lipinski definition) is 2. The summed E-state index contributed by atoms with van der Waals surface area (Å²) in [7, 11) is 0. The van der Waals surface area contributed by atoms with Crippen LogP contribution in [0.1, 0.15) is 51.5 Å². The van der Waals surface area contributed by atoms with Crippen molar-refractivity contribution in [2.75, 3.05) is 0 Å². The number of ether oxygens (including phenoxy) is 1. The van der Waals surface area contributed by atoms with Gasteiger partial charge in [0.1, 0.15) is 6.61 Å². The highest BCUT2D eigenvalue weighted by Gasteiger charge is 2.51. The van der Waals surface area contributed by atoms with Gasteiger partial charge >= 0.3 is 5.97 Å². The zero-order chi connectivity index (χ0) is 13.7. The predicted molar refractivity (Wildman–Crippen MR) is 76.6 cm³/mol. The molecule has 2 heteroatoms. The average molecular weight is 260 g/mol. The Morgan fingerprint density at radius 3 is 2.37 bits per heavy atom. The van der Waals surface area contributed by atoms with Gasteiger partial charge in [-0.15, -0.1) is 0 Å². The van der Waals surface area contributed by atoms with Crippen LogP contribution in [0.15, 0.2) is 30.3 Å². The van der Waals surface area contributed by atoms with Gasteiger partial charge in [-0.25, -0.2) is 0 Å². The van der Waals surface area contributed by atoms with Gasteiger partial charge in [0.2, 0.25) is 0 Å². The van der Waals surface area contributed by atoms with Crippen molar-refractivity contribution in [1.29, 1.82) is 0 Å². The molecule has 0 aliphatic heterocycles. The van der Waals surface area contributed by atoms with E-state index in [1.54, 1.807) is 0 Å². The number of carbonyl (C=O) groups is 1. The summed E-state index contributed by atoms with van der Waals surface area (Å²) in [6, 6.07) is 9.88. The highest BCUT2D eigenvalue weighted by Crippen LogP contribution is 2.58. The topological polar surface area (TPSA) is 26.3 Å². The normalized spacial score (nSPS) is 19.7. The van der Waals surface area contributed by atoms with Gasteiger partial charge in [-0.05, 0) is 36.7 Å².